The second-order valence-corrected chi connectivity index (χ2v) is 19.4. The van der Waals surface area contributed by atoms with Gasteiger partial charge < -0.3 is 14.9 Å². The second-order valence-electron chi connectivity index (χ2n) is 8.16. The molecule has 0 saturated heterocycles. The fraction of sp³-hybridized carbons (Fsp3) is 0.882. The molecule has 0 spiro atoms. The van der Waals surface area contributed by atoms with Gasteiger partial charge in [-0.2, -0.15) is 0 Å². The van der Waals surface area contributed by atoms with E-state index in [1.807, 2.05) is 0 Å². The summed E-state index contributed by atoms with van der Waals surface area (Å²) in [5.74, 6) is 0.899. The van der Waals surface area contributed by atoms with Gasteiger partial charge in [-0.1, -0.05) is 91.4 Å². The fourth-order valence-corrected chi connectivity index (χ4v) is 4.56. The molecule has 0 radical (unpaired) electrons. The summed E-state index contributed by atoms with van der Waals surface area (Å²) in [6.07, 6.45) is 4.24. The van der Waals surface area contributed by atoms with Gasteiger partial charge in [-0.05, 0) is 5.92 Å². The third kappa shape index (κ3) is 42.8. The maximum Gasteiger partial charge on any atom is 2.00 e. The largest absolute Gasteiger partial charge is 2.00 e. The van der Waals surface area contributed by atoms with E-state index < -0.39 is 16.1 Å². The average Bonchev–Trinajstić information content (AvgIpc) is 1.98. The predicted molar refractivity (Wildman–Crippen MR) is 103 cm³/mol. The molecule has 130 valence electrons. The molecule has 0 aromatic rings. The first kappa shape index (κ1) is 32.8. The Hall–Kier alpha value is 0.927. The zero-order valence-corrected chi connectivity index (χ0v) is 19.4. The zero-order chi connectivity index (χ0) is 14.1. The Kier molecular flexibility index (Phi) is 26.7. The quantitative estimate of drug-likeness (QED) is 0.341. The van der Waals surface area contributed by atoms with Crippen LogP contribution < -0.4 is 0 Å². The van der Waals surface area contributed by atoms with Crippen LogP contribution in [0.15, 0.2) is 0 Å². The van der Waals surface area contributed by atoms with Crippen molar-refractivity contribution in [3.8, 4) is 0 Å². The predicted octanol–water partition coefficient (Wildman–Crippen LogP) is 7.39. The number of rotatable bonds is 6. The van der Waals surface area contributed by atoms with E-state index in [-0.39, 0.29) is 31.3 Å². The molecule has 0 N–H and O–H groups in total. The molecule has 3 heteroatoms. The van der Waals surface area contributed by atoms with Gasteiger partial charge in [0.05, 0.1) is 0 Å². The van der Waals surface area contributed by atoms with E-state index in [4.69, 9.17) is 0 Å². The Bertz CT molecular complexity index is 167. The Morgan fingerprint density at radius 1 is 0.750 bits per heavy atom. The van der Waals surface area contributed by atoms with Crippen LogP contribution in [-0.2, 0) is 16.5 Å². The summed E-state index contributed by atoms with van der Waals surface area (Å²) in [5.41, 5.74) is 0. The van der Waals surface area contributed by atoms with E-state index in [1.54, 1.807) is 0 Å². The summed E-state index contributed by atoms with van der Waals surface area (Å²) in [4.78, 5) is 0. The molecule has 0 aliphatic carbocycles. The molecular weight excluding hydrogens is 319 g/mol. The van der Waals surface area contributed by atoms with Crippen LogP contribution in [-0.4, -0.2) is 16.1 Å². The molecule has 0 rings (SSSR count). The third-order valence-corrected chi connectivity index (χ3v) is 6.56. The summed E-state index contributed by atoms with van der Waals surface area (Å²) in [5, 5.41) is 0. The van der Waals surface area contributed by atoms with E-state index in [0.717, 1.165) is 5.92 Å². The standard InChI is InChI=1S/C9H22Si.C6H16Si.2CH3.Ni/c1-9(2)7-6-8-10(3,4)5;1-5-6-7(2,3)4;;;/h9H,6-8H2,1-5H3;5-6H2,1-4H3;2*1H3;/q;;2*-1;+2. The Morgan fingerprint density at radius 3 is 1.25 bits per heavy atom. The minimum absolute atomic E-state index is 0. The average molecular weight is 363 g/mol. The number of hydrogen-bond acceptors (Lipinski definition) is 0. The molecule has 0 nitrogen and oxygen atoms in total. The van der Waals surface area contributed by atoms with Gasteiger partial charge in [-0.25, -0.2) is 0 Å². The number of hydrogen-bond donors (Lipinski definition) is 0. The van der Waals surface area contributed by atoms with Crippen LogP contribution >= 0.6 is 0 Å². The van der Waals surface area contributed by atoms with Crippen molar-refractivity contribution in [2.45, 2.75) is 91.4 Å². The summed E-state index contributed by atoms with van der Waals surface area (Å²) in [7, 11) is -1.38. The van der Waals surface area contributed by atoms with Crippen LogP contribution in [0.5, 0.6) is 0 Å². The summed E-state index contributed by atoms with van der Waals surface area (Å²) in [6.45, 7) is 21.5. The molecule has 0 fully saturated rings. The van der Waals surface area contributed by atoms with E-state index >= 15 is 0 Å². The molecule has 0 aromatic carbocycles. The van der Waals surface area contributed by atoms with Gasteiger partial charge in [0.15, 0.2) is 0 Å². The van der Waals surface area contributed by atoms with Gasteiger partial charge in [0, 0.05) is 16.1 Å². The minimum Gasteiger partial charge on any atom is -0.358 e. The van der Waals surface area contributed by atoms with E-state index in [2.05, 4.69) is 60.1 Å². The van der Waals surface area contributed by atoms with Gasteiger partial charge >= 0.3 is 16.5 Å². The summed E-state index contributed by atoms with van der Waals surface area (Å²) in [6, 6.07) is 2.98. The first-order chi connectivity index (χ1) is 7.48. The maximum atomic E-state index is 2.45. The van der Waals surface area contributed by atoms with Crippen LogP contribution in [0, 0.1) is 20.8 Å². The molecule has 0 aliphatic heterocycles. The van der Waals surface area contributed by atoms with E-state index in [0.29, 0.717) is 0 Å². The van der Waals surface area contributed by atoms with Crippen LogP contribution in [0.2, 0.25) is 51.4 Å². The first-order valence-corrected chi connectivity index (χ1v) is 14.9. The van der Waals surface area contributed by atoms with E-state index in [1.165, 1.54) is 31.4 Å². The molecule has 0 heterocycles. The SMILES string of the molecule is CC(C)CCC[Si](C)(C)C.CCC[Si](C)(C)C.[CH3-].[CH3-].[Ni+2]. The summed E-state index contributed by atoms with van der Waals surface area (Å²) < 4.78 is 0. The molecule has 20 heavy (non-hydrogen) atoms. The molecule has 0 atom stereocenters. The van der Waals surface area contributed by atoms with Crippen LogP contribution in [0.1, 0.15) is 40.0 Å². The van der Waals surface area contributed by atoms with Crippen molar-refractivity contribution >= 4 is 16.1 Å². The van der Waals surface area contributed by atoms with Crippen molar-refractivity contribution in [1.82, 2.24) is 0 Å². The molecule has 0 saturated carbocycles. The topological polar surface area (TPSA) is 0 Å². The molecule has 0 aromatic heterocycles. The van der Waals surface area contributed by atoms with Crippen LogP contribution in [0.4, 0.5) is 0 Å². The van der Waals surface area contributed by atoms with Gasteiger partial charge in [0.1, 0.15) is 0 Å². The molecule has 0 bridgehead atoms. The van der Waals surface area contributed by atoms with Crippen molar-refractivity contribution in [3.05, 3.63) is 14.9 Å². The third-order valence-electron chi connectivity index (χ3n) is 2.71. The Balaban J connectivity index is -0.0000000681. The molecular formula is C17H44NiSi2. The normalized spacial score (nSPS) is 10.5. The summed E-state index contributed by atoms with van der Waals surface area (Å²) >= 11 is 0. The van der Waals surface area contributed by atoms with Gasteiger partial charge in [0.25, 0.3) is 0 Å². The first-order valence-electron chi connectivity index (χ1n) is 7.48. The minimum atomic E-state index is -0.724. The zero-order valence-electron chi connectivity index (χ0n) is 16.4. The molecule has 0 aliphatic rings. The van der Waals surface area contributed by atoms with Crippen molar-refractivity contribution in [1.29, 1.82) is 0 Å². The van der Waals surface area contributed by atoms with Crippen molar-refractivity contribution < 1.29 is 16.5 Å². The monoisotopic (exact) mass is 362 g/mol. The van der Waals surface area contributed by atoms with Gasteiger partial charge in [-0.15, -0.1) is 0 Å². The molecule has 0 unspecified atom stereocenters. The Morgan fingerprint density at radius 2 is 1.10 bits per heavy atom. The van der Waals surface area contributed by atoms with Crippen molar-refractivity contribution in [2.24, 2.45) is 5.92 Å². The Labute approximate surface area is 144 Å². The van der Waals surface area contributed by atoms with Gasteiger partial charge in [0.2, 0.25) is 0 Å². The van der Waals surface area contributed by atoms with Crippen molar-refractivity contribution in [2.75, 3.05) is 0 Å². The fourth-order valence-electron chi connectivity index (χ4n) is 1.79. The van der Waals surface area contributed by atoms with Crippen LogP contribution in [0.25, 0.3) is 0 Å². The van der Waals surface area contributed by atoms with E-state index in [9.17, 15) is 0 Å². The van der Waals surface area contributed by atoms with Gasteiger partial charge in [-0.3, -0.25) is 0 Å². The second kappa shape index (κ2) is 16.3. The van der Waals surface area contributed by atoms with Crippen LogP contribution in [0.3, 0.4) is 0 Å². The smallest absolute Gasteiger partial charge is 0.358 e. The van der Waals surface area contributed by atoms with Crippen molar-refractivity contribution in [3.63, 3.8) is 0 Å². The maximum absolute atomic E-state index is 2.45. The molecule has 0 amide bonds.